The van der Waals surface area contributed by atoms with Crippen molar-refractivity contribution in [2.75, 3.05) is 0 Å². The molecule has 0 heterocycles. The molecule has 0 radical (unpaired) electrons. The molecule has 0 aliphatic rings. The fourth-order valence-electron chi connectivity index (χ4n) is 1.04. The van der Waals surface area contributed by atoms with Gasteiger partial charge in [-0.15, -0.1) is 0 Å². The molecule has 0 saturated heterocycles. The summed E-state index contributed by atoms with van der Waals surface area (Å²) in [6.07, 6.45) is -4.76. The lowest BCUT2D eigenvalue weighted by Gasteiger charge is -2.27. The van der Waals surface area contributed by atoms with E-state index in [0.29, 0.717) is 11.4 Å². The molecule has 1 aromatic carbocycles. The fourth-order valence-corrected chi connectivity index (χ4v) is 1.89. The molecule has 0 aliphatic heterocycles. The molecular weight excluding hydrogens is 296 g/mol. The SMILES string of the molecule is CC(O)(c1ccc(Br)cc1Cl)C(F)(F)F. The Morgan fingerprint density at radius 3 is 2.27 bits per heavy atom. The number of hydrogen-bond donors (Lipinski definition) is 1. The molecule has 0 amide bonds. The predicted octanol–water partition coefficient (Wildman–Crippen LogP) is 3.87. The van der Waals surface area contributed by atoms with E-state index >= 15 is 0 Å². The topological polar surface area (TPSA) is 20.2 Å². The number of benzene rings is 1. The van der Waals surface area contributed by atoms with E-state index in [1.807, 2.05) is 0 Å². The summed E-state index contributed by atoms with van der Waals surface area (Å²) in [5.74, 6) is 0. The minimum atomic E-state index is -4.76. The minimum Gasteiger partial charge on any atom is -0.376 e. The Kier molecular flexibility index (Phi) is 3.38. The standard InChI is InChI=1S/C9H7BrClF3O/c1-8(15,9(12,13)14)6-3-2-5(10)4-7(6)11/h2-4,15H,1H3. The maximum Gasteiger partial charge on any atom is 0.421 e. The summed E-state index contributed by atoms with van der Waals surface area (Å²) in [4.78, 5) is 0. The van der Waals surface area contributed by atoms with Crippen LogP contribution in [-0.4, -0.2) is 11.3 Å². The van der Waals surface area contributed by atoms with Gasteiger partial charge in [-0.3, -0.25) is 0 Å². The van der Waals surface area contributed by atoms with Crippen molar-refractivity contribution in [1.29, 1.82) is 0 Å². The monoisotopic (exact) mass is 302 g/mol. The summed E-state index contributed by atoms with van der Waals surface area (Å²) in [5, 5.41) is 9.24. The van der Waals surface area contributed by atoms with Gasteiger partial charge in [-0.25, -0.2) is 0 Å². The molecule has 6 heteroatoms. The van der Waals surface area contributed by atoms with Crippen LogP contribution < -0.4 is 0 Å². The molecule has 0 spiro atoms. The summed E-state index contributed by atoms with van der Waals surface area (Å²) in [6, 6.07) is 3.83. The Labute approximate surface area is 98.0 Å². The van der Waals surface area contributed by atoms with E-state index in [1.165, 1.54) is 12.1 Å². The summed E-state index contributed by atoms with van der Waals surface area (Å²) in [5.41, 5.74) is -3.30. The molecule has 0 bridgehead atoms. The Morgan fingerprint density at radius 1 is 1.33 bits per heavy atom. The van der Waals surface area contributed by atoms with Crippen LogP contribution >= 0.6 is 27.5 Å². The van der Waals surface area contributed by atoms with Crippen LogP contribution in [0.5, 0.6) is 0 Å². The quantitative estimate of drug-likeness (QED) is 0.835. The largest absolute Gasteiger partial charge is 0.421 e. The van der Waals surface area contributed by atoms with E-state index in [1.54, 1.807) is 0 Å². The first kappa shape index (κ1) is 12.8. The van der Waals surface area contributed by atoms with Gasteiger partial charge < -0.3 is 5.11 Å². The maximum atomic E-state index is 12.5. The number of rotatable bonds is 1. The zero-order valence-corrected chi connectivity index (χ0v) is 9.91. The predicted molar refractivity (Wildman–Crippen MR) is 54.8 cm³/mol. The van der Waals surface area contributed by atoms with Crippen LogP contribution in [0.25, 0.3) is 0 Å². The fraction of sp³-hybridized carbons (Fsp3) is 0.333. The average molecular weight is 304 g/mol. The lowest BCUT2D eigenvalue weighted by atomic mass is 9.95. The van der Waals surface area contributed by atoms with Crippen LogP contribution in [0.4, 0.5) is 13.2 Å². The van der Waals surface area contributed by atoms with Crippen LogP contribution in [0.3, 0.4) is 0 Å². The minimum absolute atomic E-state index is 0.133. The smallest absolute Gasteiger partial charge is 0.376 e. The number of aliphatic hydroxyl groups is 1. The first-order valence-corrected chi connectivity index (χ1v) is 5.08. The Hall–Kier alpha value is -0.260. The third-order valence-electron chi connectivity index (χ3n) is 2.01. The number of alkyl halides is 3. The first-order chi connectivity index (χ1) is 6.66. The summed E-state index contributed by atoms with van der Waals surface area (Å²) < 4.78 is 38.0. The van der Waals surface area contributed by atoms with Gasteiger partial charge >= 0.3 is 6.18 Å². The van der Waals surface area contributed by atoms with Gasteiger partial charge in [0.25, 0.3) is 0 Å². The zero-order valence-electron chi connectivity index (χ0n) is 7.57. The molecular formula is C9H7BrClF3O. The van der Waals surface area contributed by atoms with Gasteiger partial charge in [0.1, 0.15) is 0 Å². The highest BCUT2D eigenvalue weighted by molar-refractivity contribution is 9.10. The van der Waals surface area contributed by atoms with Gasteiger partial charge in [0.2, 0.25) is 0 Å². The van der Waals surface area contributed by atoms with Crippen molar-refractivity contribution in [2.24, 2.45) is 0 Å². The molecule has 1 atom stereocenters. The molecule has 1 N–H and O–H groups in total. The van der Waals surface area contributed by atoms with Crippen LogP contribution in [0.1, 0.15) is 12.5 Å². The molecule has 0 aliphatic carbocycles. The van der Waals surface area contributed by atoms with E-state index in [-0.39, 0.29) is 10.6 Å². The van der Waals surface area contributed by atoms with Crippen molar-refractivity contribution in [2.45, 2.75) is 18.7 Å². The maximum absolute atomic E-state index is 12.5. The van der Waals surface area contributed by atoms with Crippen molar-refractivity contribution in [3.05, 3.63) is 33.3 Å². The first-order valence-electron chi connectivity index (χ1n) is 3.91. The molecule has 1 nitrogen and oxygen atoms in total. The van der Waals surface area contributed by atoms with Gasteiger partial charge in [0.15, 0.2) is 5.60 Å². The summed E-state index contributed by atoms with van der Waals surface area (Å²) in [7, 11) is 0. The Bertz CT molecular complexity index is 376. The van der Waals surface area contributed by atoms with Gasteiger partial charge in [0, 0.05) is 15.1 Å². The van der Waals surface area contributed by atoms with Crippen LogP contribution in [0.2, 0.25) is 5.02 Å². The van der Waals surface area contributed by atoms with E-state index < -0.39 is 11.8 Å². The second-order valence-corrected chi connectivity index (χ2v) is 4.52. The second kappa shape index (κ2) is 3.96. The highest BCUT2D eigenvalue weighted by Crippen LogP contribution is 2.41. The lowest BCUT2D eigenvalue weighted by molar-refractivity contribution is -0.258. The highest BCUT2D eigenvalue weighted by atomic mass is 79.9. The van der Waals surface area contributed by atoms with Crippen molar-refractivity contribution in [3.8, 4) is 0 Å². The molecule has 1 rings (SSSR count). The van der Waals surface area contributed by atoms with E-state index in [0.717, 1.165) is 6.07 Å². The Balaban J connectivity index is 3.28. The molecule has 84 valence electrons. The molecule has 0 aromatic heterocycles. The van der Waals surface area contributed by atoms with E-state index in [9.17, 15) is 18.3 Å². The van der Waals surface area contributed by atoms with Crippen molar-refractivity contribution in [1.82, 2.24) is 0 Å². The van der Waals surface area contributed by atoms with Crippen LogP contribution in [0.15, 0.2) is 22.7 Å². The number of halogens is 5. The second-order valence-electron chi connectivity index (χ2n) is 3.19. The van der Waals surface area contributed by atoms with Crippen molar-refractivity contribution >= 4 is 27.5 Å². The molecule has 1 aromatic rings. The molecule has 1 unspecified atom stereocenters. The van der Waals surface area contributed by atoms with Gasteiger partial charge in [-0.05, 0) is 19.1 Å². The average Bonchev–Trinajstić information content (AvgIpc) is 2.00. The lowest BCUT2D eigenvalue weighted by Crippen LogP contribution is -2.39. The van der Waals surface area contributed by atoms with Crippen molar-refractivity contribution < 1.29 is 18.3 Å². The third kappa shape index (κ3) is 2.46. The normalized spacial score (nSPS) is 16.2. The van der Waals surface area contributed by atoms with E-state index in [4.69, 9.17) is 11.6 Å². The van der Waals surface area contributed by atoms with Crippen LogP contribution in [-0.2, 0) is 5.60 Å². The van der Waals surface area contributed by atoms with Crippen LogP contribution in [0, 0.1) is 0 Å². The third-order valence-corrected chi connectivity index (χ3v) is 2.81. The van der Waals surface area contributed by atoms with Gasteiger partial charge in [-0.1, -0.05) is 33.6 Å². The molecule has 0 saturated carbocycles. The highest BCUT2D eigenvalue weighted by Gasteiger charge is 2.52. The summed E-state index contributed by atoms with van der Waals surface area (Å²) >= 11 is 8.70. The van der Waals surface area contributed by atoms with Gasteiger partial charge in [0.05, 0.1) is 0 Å². The zero-order chi connectivity index (χ0) is 11.9. The Morgan fingerprint density at radius 2 is 1.87 bits per heavy atom. The van der Waals surface area contributed by atoms with Gasteiger partial charge in [-0.2, -0.15) is 13.2 Å². The summed E-state index contributed by atoms with van der Waals surface area (Å²) in [6.45, 7) is 0.669. The molecule has 15 heavy (non-hydrogen) atoms. The molecule has 0 fully saturated rings. The van der Waals surface area contributed by atoms with E-state index in [2.05, 4.69) is 15.9 Å². The van der Waals surface area contributed by atoms with Crippen molar-refractivity contribution in [3.63, 3.8) is 0 Å². The number of hydrogen-bond acceptors (Lipinski definition) is 1.